The topological polar surface area (TPSA) is 32.3 Å². The molecule has 72 valence electrons. The standard InChI is InChI=1S/C9H20N2O/c1-5-6-7-10-8(2)9(12)11(3)4/h8,10H,5-7H2,1-4H3. The van der Waals surface area contributed by atoms with Crippen LogP contribution in [0.3, 0.4) is 0 Å². The van der Waals surface area contributed by atoms with Gasteiger partial charge in [-0.3, -0.25) is 4.79 Å². The molecule has 0 saturated heterocycles. The third-order valence-electron chi connectivity index (χ3n) is 1.79. The maximum absolute atomic E-state index is 11.3. The molecule has 0 aliphatic rings. The molecule has 0 radical (unpaired) electrons. The molecule has 0 aromatic heterocycles. The largest absolute Gasteiger partial charge is 0.347 e. The monoisotopic (exact) mass is 172 g/mol. The van der Waals surface area contributed by atoms with Crippen LogP contribution in [0, 0.1) is 0 Å². The summed E-state index contributed by atoms with van der Waals surface area (Å²) >= 11 is 0. The number of hydrogen-bond acceptors (Lipinski definition) is 2. The molecule has 0 aromatic carbocycles. The van der Waals surface area contributed by atoms with Gasteiger partial charge in [0, 0.05) is 14.1 Å². The fourth-order valence-corrected chi connectivity index (χ4v) is 0.970. The third kappa shape index (κ3) is 4.34. The number of unbranched alkanes of at least 4 members (excludes halogenated alkanes) is 1. The van der Waals surface area contributed by atoms with E-state index in [4.69, 9.17) is 0 Å². The summed E-state index contributed by atoms with van der Waals surface area (Å²) in [5.74, 6) is 0.145. The summed E-state index contributed by atoms with van der Waals surface area (Å²) < 4.78 is 0. The van der Waals surface area contributed by atoms with Crippen LogP contribution in [-0.2, 0) is 4.79 Å². The molecule has 0 bridgehead atoms. The van der Waals surface area contributed by atoms with Crippen molar-refractivity contribution in [2.24, 2.45) is 0 Å². The molecule has 0 aliphatic heterocycles. The average Bonchev–Trinajstić information content (AvgIpc) is 2.03. The first-order valence-corrected chi connectivity index (χ1v) is 4.54. The van der Waals surface area contributed by atoms with Gasteiger partial charge < -0.3 is 10.2 Å². The van der Waals surface area contributed by atoms with Crippen molar-refractivity contribution in [3.05, 3.63) is 0 Å². The predicted octanol–water partition coefficient (Wildman–Crippen LogP) is 0.853. The summed E-state index contributed by atoms with van der Waals surface area (Å²) in [6, 6.07) is -0.0495. The molecule has 1 N–H and O–H groups in total. The maximum atomic E-state index is 11.3. The molecule has 0 aromatic rings. The minimum atomic E-state index is -0.0495. The van der Waals surface area contributed by atoms with Gasteiger partial charge in [-0.1, -0.05) is 13.3 Å². The van der Waals surface area contributed by atoms with Crippen LogP contribution < -0.4 is 5.32 Å². The van der Waals surface area contributed by atoms with E-state index < -0.39 is 0 Å². The van der Waals surface area contributed by atoms with Gasteiger partial charge in [-0.05, 0) is 19.9 Å². The van der Waals surface area contributed by atoms with Gasteiger partial charge in [0.05, 0.1) is 6.04 Å². The van der Waals surface area contributed by atoms with Gasteiger partial charge in [0.2, 0.25) is 5.91 Å². The molecular formula is C9H20N2O. The van der Waals surface area contributed by atoms with Gasteiger partial charge in [-0.15, -0.1) is 0 Å². The molecule has 0 heterocycles. The van der Waals surface area contributed by atoms with E-state index in [1.54, 1.807) is 19.0 Å². The van der Waals surface area contributed by atoms with Gasteiger partial charge in [0.1, 0.15) is 0 Å². The summed E-state index contributed by atoms with van der Waals surface area (Å²) in [4.78, 5) is 12.9. The molecule has 12 heavy (non-hydrogen) atoms. The van der Waals surface area contributed by atoms with Crippen molar-refractivity contribution in [2.75, 3.05) is 20.6 Å². The zero-order valence-corrected chi connectivity index (χ0v) is 8.55. The van der Waals surface area contributed by atoms with Crippen LogP contribution in [0.15, 0.2) is 0 Å². The molecule has 1 amide bonds. The molecule has 0 spiro atoms. The quantitative estimate of drug-likeness (QED) is 0.624. The van der Waals surface area contributed by atoms with E-state index in [2.05, 4.69) is 12.2 Å². The van der Waals surface area contributed by atoms with Crippen molar-refractivity contribution in [2.45, 2.75) is 32.7 Å². The predicted molar refractivity (Wildman–Crippen MR) is 51.1 cm³/mol. The fraction of sp³-hybridized carbons (Fsp3) is 0.889. The third-order valence-corrected chi connectivity index (χ3v) is 1.79. The smallest absolute Gasteiger partial charge is 0.238 e. The Bertz CT molecular complexity index is 134. The Hall–Kier alpha value is -0.570. The lowest BCUT2D eigenvalue weighted by Gasteiger charge is -2.17. The summed E-state index contributed by atoms with van der Waals surface area (Å²) in [6.07, 6.45) is 2.29. The van der Waals surface area contributed by atoms with Crippen molar-refractivity contribution in [3.8, 4) is 0 Å². The van der Waals surface area contributed by atoms with Crippen molar-refractivity contribution in [1.82, 2.24) is 10.2 Å². The number of nitrogens with one attached hydrogen (secondary N) is 1. The summed E-state index contributed by atoms with van der Waals surface area (Å²) in [5.41, 5.74) is 0. The van der Waals surface area contributed by atoms with Crippen molar-refractivity contribution >= 4 is 5.91 Å². The first-order valence-electron chi connectivity index (χ1n) is 4.54. The maximum Gasteiger partial charge on any atom is 0.238 e. The molecule has 0 rings (SSSR count). The van der Waals surface area contributed by atoms with E-state index in [1.807, 2.05) is 6.92 Å². The first kappa shape index (κ1) is 11.4. The van der Waals surface area contributed by atoms with Gasteiger partial charge >= 0.3 is 0 Å². The number of amides is 1. The fourth-order valence-electron chi connectivity index (χ4n) is 0.970. The number of hydrogen-bond donors (Lipinski definition) is 1. The number of carbonyl (C=O) groups is 1. The van der Waals surface area contributed by atoms with Gasteiger partial charge in [-0.2, -0.15) is 0 Å². The Morgan fingerprint density at radius 3 is 2.50 bits per heavy atom. The minimum absolute atomic E-state index is 0.0495. The Morgan fingerprint density at radius 2 is 2.08 bits per heavy atom. The Morgan fingerprint density at radius 1 is 1.50 bits per heavy atom. The van der Waals surface area contributed by atoms with E-state index in [-0.39, 0.29) is 11.9 Å². The molecule has 1 unspecified atom stereocenters. The number of likely N-dealkylation sites (N-methyl/N-ethyl adjacent to an activating group) is 1. The average molecular weight is 172 g/mol. The van der Waals surface area contributed by atoms with Crippen molar-refractivity contribution in [3.63, 3.8) is 0 Å². The second-order valence-corrected chi connectivity index (χ2v) is 3.26. The summed E-state index contributed by atoms with van der Waals surface area (Å²) in [7, 11) is 3.56. The lowest BCUT2D eigenvalue weighted by atomic mass is 10.2. The lowest BCUT2D eigenvalue weighted by Crippen LogP contribution is -2.41. The van der Waals surface area contributed by atoms with Crippen LogP contribution in [0.5, 0.6) is 0 Å². The van der Waals surface area contributed by atoms with Crippen LogP contribution in [0.2, 0.25) is 0 Å². The first-order chi connectivity index (χ1) is 5.59. The molecule has 0 fully saturated rings. The second kappa shape index (κ2) is 6.00. The van der Waals surface area contributed by atoms with Crippen LogP contribution >= 0.6 is 0 Å². The number of nitrogens with zero attached hydrogens (tertiary/aromatic N) is 1. The molecule has 3 heteroatoms. The Balaban J connectivity index is 3.57. The highest BCUT2D eigenvalue weighted by Gasteiger charge is 2.12. The highest BCUT2D eigenvalue weighted by atomic mass is 16.2. The van der Waals surface area contributed by atoms with Crippen molar-refractivity contribution in [1.29, 1.82) is 0 Å². The lowest BCUT2D eigenvalue weighted by molar-refractivity contribution is -0.130. The van der Waals surface area contributed by atoms with Gasteiger partial charge in [0.25, 0.3) is 0 Å². The van der Waals surface area contributed by atoms with E-state index in [9.17, 15) is 4.79 Å². The van der Waals surface area contributed by atoms with Crippen LogP contribution in [0.4, 0.5) is 0 Å². The number of carbonyl (C=O) groups excluding carboxylic acids is 1. The second-order valence-electron chi connectivity index (χ2n) is 3.26. The van der Waals surface area contributed by atoms with Gasteiger partial charge in [0.15, 0.2) is 0 Å². The van der Waals surface area contributed by atoms with E-state index in [1.165, 1.54) is 0 Å². The summed E-state index contributed by atoms with van der Waals surface area (Å²) in [5, 5.41) is 3.17. The zero-order valence-electron chi connectivity index (χ0n) is 8.55. The molecule has 0 saturated carbocycles. The molecular weight excluding hydrogens is 152 g/mol. The molecule has 0 aliphatic carbocycles. The number of rotatable bonds is 5. The Kier molecular flexibility index (Phi) is 5.72. The van der Waals surface area contributed by atoms with E-state index >= 15 is 0 Å². The molecule has 1 atom stereocenters. The highest BCUT2D eigenvalue weighted by molar-refractivity contribution is 5.80. The SMILES string of the molecule is CCCCNC(C)C(=O)N(C)C. The zero-order chi connectivity index (χ0) is 9.56. The Labute approximate surface area is 75.1 Å². The minimum Gasteiger partial charge on any atom is -0.347 e. The van der Waals surface area contributed by atoms with E-state index in [0.29, 0.717) is 0 Å². The summed E-state index contributed by atoms with van der Waals surface area (Å²) in [6.45, 7) is 4.97. The van der Waals surface area contributed by atoms with Crippen LogP contribution in [0.1, 0.15) is 26.7 Å². The highest BCUT2D eigenvalue weighted by Crippen LogP contribution is 1.90. The normalized spacial score (nSPS) is 12.7. The molecule has 3 nitrogen and oxygen atoms in total. The van der Waals surface area contributed by atoms with E-state index in [0.717, 1.165) is 19.4 Å². The van der Waals surface area contributed by atoms with Crippen LogP contribution in [0.25, 0.3) is 0 Å². The van der Waals surface area contributed by atoms with Gasteiger partial charge in [-0.25, -0.2) is 0 Å². The van der Waals surface area contributed by atoms with Crippen LogP contribution in [-0.4, -0.2) is 37.5 Å². The van der Waals surface area contributed by atoms with Crippen molar-refractivity contribution < 1.29 is 4.79 Å².